The highest BCUT2D eigenvalue weighted by Crippen LogP contribution is 2.35. The van der Waals surface area contributed by atoms with Gasteiger partial charge in [-0.05, 0) is 60.2 Å². The van der Waals surface area contributed by atoms with Gasteiger partial charge in [-0.2, -0.15) is 5.10 Å². The van der Waals surface area contributed by atoms with Crippen molar-refractivity contribution in [2.24, 2.45) is 7.05 Å². The minimum atomic E-state index is -0.126. The lowest BCUT2D eigenvalue weighted by Gasteiger charge is -2.13. The number of Topliss-reactive ketones (excluding diaryl/α,β-unsaturated/α-hetero) is 1. The summed E-state index contributed by atoms with van der Waals surface area (Å²) in [5, 5.41) is 8.54. The maximum atomic E-state index is 12.3. The van der Waals surface area contributed by atoms with Crippen LogP contribution in [0.1, 0.15) is 39.9 Å². The van der Waals surface area contributed by atoms with Crippen LogP contribution in [0, 0.1) is 6.92 Å². The number of hydrogen-bond acceptors (Lipinski definition) is 5. The zero-order valence-electron chi connectivity index (χ0n) is 19.9. The summed E-state index contributed by atoms with van der Waals surface area (Å²) in [6.07, 6.45) is 4.74. The molecule has 0 radical (unpaired) electrons. The second kappa shape index (κ2) is 8.34. The van der Waals surface area contributed by atoms with Crippen LogP contribution >= 0.6 is 0 Å². The molecule has 0 fully saturated rings. The van der Waals surface area contributed by atoms with Crippen molar-refractivity contribution in [3.8, 4) is 28.1 Å². The van der Waals surface area contributed by atoms with E-state index in [0.29, 0.717) is 43.1 Å². The molecule has 0 saturated carbocycles. The summed E-state index contributed by atoms with van der Waals surface area (Å²) in [5.74, 6) is 0.779. The van der Waals surface area contributed by atoms with Crippen molar-refractivity contribution in [2.75, 3.05) is 13.2 Å². The molecular weight excluding hydrogens is 440 g/mol. The molecule has 7 nitrogen and oxygen atoms in total. The van der Waals surface area contributed by atoms with E-state index < -0.39 is 0 Å². The highest BCUT2D eigenvalue weighted by Gasteiger charge is 2.21. The fraction of sp³-hybridized carbons (Fsp3) is 0.286. The minimum absolute atomic E-state index is 0.126. The zero-order valence-corrected chi connectivity index (χ0v) is 19.9. The van der Waals surface area contributed by atoms with Crippen molar-refractivity contribution < 1.29 is 14.3 Å². The van der Waals surface area contributed by atoms with Crippen molar-refractivity contribution in [1.82, 2.24) is 20.1 Å². The van der Waals surface area contributed by atoms with Gasteiger partial charge in [-0.15, -0.1) is 0 Å². The van der Waals surface area contributed by atoms with Crippen LogP contribution in [0.25, 0.3) is 33.4 Å². The molecule has 1 aliphatic heterocycles. The lowest BCUT2D eigenvalue weighted by Crippen LogP contribution is -2.24. The van der Waals surface area contributed by atoms with E-state index in [1.807, 2.05) is 25.4 Å². The Bertz CT molecular complexity index is 1520. The smallest absolute Gasteiger partial charge is 0.255 e. The van der Waals surface area contributed by atoms with Gasteiger partial charge in [0, 0.05) is 42.6 Å². The molecule has 1 aliphatic carbocycles. The standard InChI is InChI=1S/C28H26N4O3/c1-16-11-17-3-6-21(33)7-4-18(17)12-23(16)20-13-24-26(31-32(2)27(24)30-15-20)19-5-8-22-25(14-19)35-10-9-29-28(22)34/h5,8,11-15H,3-4,6-7,9-10H2,1-2H3,(H,29,34). The summed E-state index contributed by atoms with van der Waals surface area (Å²) in [4.78, 5) is 29.0. The molecule has 0 bridgehead atoms. The molecule has 0 unspecified atom stereocenters. The number of pyridine rings is 1. The number of amides is 1. The number of nitrogens with one attached hydrogen (secondary N) is 1. The number of carbonyl (C=O) groups is 2. The number of rotatable bonds is 2. The maximum absolute atomic E-state index is 12.3. The summed E-state index contributed by atoms with van der Waals surface area (Å²) < 4.78 is 7.60. The van der Waals surface area contributed by atoms with Crippen molar-refractivity contribution in [3.05, 3.63) is 64.8 Å². The molecule has 2 aliphatic rings. The van der Waals surface area contributed by atoms with Crippen molar-refractivity contribution >= 4 is 22.7 Å². The Morgan fingerprint density at radius 2 is 1.74 bits per heavy atom. The fourth-order valence-corrected chi connectivity index (χ4v) is 5.16. The van der Waals surface area contributed by atoms with E-state index in [0.717, 1.165) is 46.3 Å². The van der Waals surface area contributed by atoms with E-state index in [1.165, 1.54) is 16.7 Å². The third-order valence-corrected chi connectivity index (χ3v) is 7.03. The van der Waals surface area contributed by atoms with Gasteiger partial charge in [-0.3, -0.25) is 9.59 Å². The summed E-state index contributed by atoms with van der Waals surface area (Å²) in [5.41, 5.74) is 8.85. The molecule has 1 amide bonds. The topological polar surface area (TPSA) is 86.1 Å². The Kier molecular flexibility index (Phi) is 5.13. The first-order chi connectivity index (χ1) is 17.0. The average molecular weight is 467 g/mol. The molecule has 176 valence electrons. The Labute approximate surface area is 203 Å². The lowest BCUT2D eigenvalue weighted by atomic mass is 9.92. The second-order valence-corrected chi connectivity index (χ2v) is 9.36. The number of ether oxygens (including phenoxy) is 1. The number of ketones is 1. The second-order valence-electron chi connectivity index (χ2n) is 9.36. The Morgan fingerprint density at radius 1 is 0.943 bits per heavy atom. The molecule has 6 rings (SSSR count). The lowest BCUT2D eigenvalue weighted by molar-refractivity contribution is -0.118. The van der Waals surface area contributed by atoms with Crippen LogP contribution in [0.3, 0.4) is 0 Å². The fourth-order valence-electron chi connectivity index (χ4n) is 5.16. The third-order valence-electron chi connectivity index (χ3n) is 7.03. The molecule has 0 spiro atoms. The van der Waals surface area contributed by atoms with Gasteiger partial charge in [0.15, 0.2) is 5.65 Å². The molecule has 0 atom stereocenters. The Morgan fingerprint density at radius 3 is 2.57 bits per heavy atom. The Balaban J connectivity index is 1.46. The van der Waals surface area contributed by atoms with Crippen molar-refractivity contribution in [3.63, 3.8) is 0 Å². The highest BCUT2D eigenvalue weighted by atomic mass is 16.5. The number of fused-ring (bicyclic) bond motifs is 3. The van der Waals surface area contributed by atoms with E-state index in [1.54, 1.807) is 10.7 Å². The van der Waals surface area contributed by atoms with Crippen LogP contribution in [0.4, 0.5) is 0 Å². The van der Waals surface area contributed by atoms with Gasteiger partial charge < -0.3 is 10.1 Å². The van der Waals surface area contributed by atoms with Crippen LogP contribution < -0.4 is 10.1 Å². The van der Waals surface area contributed by atoms with Crippen LogP contribution in [0.15, 0.2) is 42.6 Å². The molecule has 3 heterocycles. The molecule has 2 aromatic heterocycles. The number of hydrogen-bond donors (Lipinski definition) is 1. The van der Waals surface area contributed by atoms with Gasteiger partial charge in [-0.1, -0.05) is 18.2 Å². The summed E-state index contributed by atoms with van der Waals surface area (Å²) in [6.45, 7) is 3.03. The molecule has 0 saturated heterocycles. The van der Waals surface area contributed by atoms with E-state index >= 15 is 0 Å². The summed E-state index contributed by atoms with van der Waals surface area (Å²) >= 11 is 0. The van der Waals surface area contributed by atoms with E-state index in [9.17, 15) is 9.59 Å². The van der Waals surface area contributed by atoms with Gasteiger partial charge >= 0.3 is 0 Å². The maximum Gasteiger partial charge on any atom is 0.255 e. The summed E-state index contributed by atoms with van der Waals surface area (Å²) in [6, 6.07) is 12.2. The van der Waals surface area contributed by atoms with Crippen LogP contribution in [-0.4, -0.2) is 39.6 Å². The molecule has 1 N–H and O–H groups in total. The number of aryl methyl sites for hydroxylation is 4. The first-order valence-electron chi connectivity index (χ1n) is 12.0. The average Bonchev–Trinajstić information content (AvgIpc) is 2.96. The Hall–Kier alpha value is -4.00. The summed E-state index contributed by atoms with van der Waals surface area (Å²) in [7, 11) is 1.89. The first-order valence-corrected chi connectivity index (χ1v) is 12.0. The SMILES string of the molecule is Cc1cc2c(cc1-c1cnc3c(c1)c(-c1ccc4c(c1)OCCNC4=O)nn3C)CCC(=O)CC2. The van der Waals surface area contributed by atoms with Gasteiger partial charge in [0.1, 0.15) is 23.8 Å². The van der Waals surface area contributed by atoms with Crippen LogP contribution in [0.2, 0.25) is 0 Å². The van der Waals surface area contributed by atoms with Gasteiger partial charge in [0.25, 0.3) is 5.91 Å². The van der Waals surface area contributed by atoms with Gasteiger partial charge in [0.2, 0.25) is 0 Å². The van der Waals surface area contributed by atoms with Crippen molar-refractivity contribution in [1.29, 1.82) is 0 Å². The third kappa shape index (κ3) is 3.77. The van der Waals surface area contributed by atoms with Gasteiger partial charge in [0.05, 0.1) is 12.1 Å². The molecule has 35 heavy (non-hydrogen) atoms. The van der Waals surface area contributed by atoms with E-state index in [-0.39, 0.29) is 5.91 Å². The number of nitrogens with zero attached hydrogens (tertiary/aromatic N) is 3. The van der Waals surface area contributed by atoms with Gasteiger partial charge in [-0.25, -0.2) is 9.67 Å². The first kappa shape index (κ1) is 21.5. The van der Waals surface area contributed by atoms with Crippen molar-refractivity contribution in [2.45, 2.75) is 32.6 Å². The number of benzene rings is 2. The number of aromatic nitrogens is 3. The predicted molar refractivity (Wildman–Crippen MR) is 134 cm³/mol. The molecule has 4 aromatic rings. The van der Waals surface area contributed by atoms with E-state index in [4.69, 9.17) is 14.8 Å². The van der Waals surface area contributed by atoms with Crippen LogP contribution in [-0.2, 0) is 24.7 Å². The molecule has 2 aromatic carbocycles. The minimum Gasteiger partial charge on any atom is -0.491 e. The number of carbonyl (C=O) groups excluding carboxylic acids is 2. The zero-order chi connectivity index (χ0) is 24.1. The van der Waals surface area contributed by atoms with E-state index in [2.05, 4.69) is 30.4 Å². The molecule has 7 heteroatoms. The largest absolute Gasteiger partial charge is 0.491 e. The molecular formula is C28H26N4O3. The predicted octanol–water partition coefficient (Wildman–Crippen LogP) is 4.18. The van der Waals surface area contributed by atoms with Crippen LogP contribution in [0.5, 0.6) is 5.75 Å². The normalized spacial score (nSPS) is 15.6. The quantitative estimate of drug-likeness (QED) is 0.448. The highest BCUT2D eigenvalue weighted by molar-refractivity contribution is 5.99. The monoisotopic (exact) mass is 466 g/mol.